The summed E-state index contributed by atoms with van der Waals surface area (Å²) in [6, 6.07) is 0. The molecular weight excluding hydrogens is 212 g/mol. The summed E-state index contributed by atoms with van der Waals surface area (Å²) in [7, 11) is 0. The molecular formula is C15H28O2. The fraction of sp³-hybridized carbons (Fsp3) is 1.00. The highest BCUT2D eigenvalue weighted by atomic mass is 16.3. The molecule has 2 nitrogen and oxygen atoms in total. The first-order chi connectivity index (χ1) is 7.64. The van der Waals surface area contributed by atoms with Crippen molar-refractivity contribution in [1.29, 1.82) is 0 Å². The van der Waals surface area contributed by atoms with Gasteiger partial charge in [-0.25, -0.2) is 0 Å². The summed E-state index contributed by atoms with van der Waals surface area (Å²) in [5.41, 5.74) is -0.196. The van der Waals surface area contributed by atoms with Gasteiger partial charge in [-0.15, -0.1) is 0 Å². The van der Waals surface area contributed by atoms with Crippen LogP contribution in [-0.2, 0) is 0 Å². The molecule has 2 N–H and O–H groups in total. The van der Waals surface area contributed by atoms with Gasteiger partial charge in [0.25, 0.3) is 0 Å². The molecule has 2 aliphatic carbocycles. The van der Waals surface area contributed by atoms with Crippen LogP contribution in [-0.4, -0.2) is 22.4 Å². The predicted molar refractivity (Wildman–Crippen MR) is 69.7 cm³/mol. The Hall–Kier alpha value is -0.0800. The van der Waals surface area contributed by atoms with Crippen LogP contribution in [0.1, 0.15) is 66.2 Å². The lowest BCUT2D eigenvalue weighted by molar-refractivity contribution is -0.222. The van der Waals surface area contributed by atoms with Crippen molar-refractivity contribution in [2.45, 2.75) is 71.8 Å². The van der Waals surface area contributed by atoms with Crippen molar-refractivity contribution < 1.29 is 10.2 Å². The molecule has 2 heteroatoms. The summed E-state index contributed by atoms with van der Waals surface area (Å²) in [4.78, 5) is 0. The second kappa shape index (κ2) is 3.71. The third-order valence-electron chi connectivity index (χ3n) is 5.39. The van der Waals surface area contributed by atoms with Gasteiger partial charge in [0.05, 0.1) is 12.2 Å². The highest BCUT2D eigenvalue weighted by molar-refractivity contribution is 5.11. The van der Waals surface area contributed by atoms with Crippen LogP contribution in [0.5, 0.6) is 0 Å². The van der Waals surface area contributed by atoms with Gasteiger partial charge in [-0.3, -0.25) is 0 Å². The van der Waals surface area contributed by atoms with E-state index < -0.39 is 5.60 Å². The van der Waals surface area contributed by atoms with Crippen LogP contribution in [0.15, 0.2) is 0 Å². The lowest BCUT2D eigenvalue weighted by atomic mass is 9.47. The van der Waals surface area contributed by atoms with Gasteiger partial charge in [0.15, 0.2) is 0 Å². The minimum atomic E-state index is -0.609. The smallest absolute Gasteiger partial charge is 0.0735 e. The topological polar surface area (TPSA) is 40.5 Å². The maximum atomic E-state index is 10.8. The largest absolute Gasteiger partial charge is 0.396 e. The summed E-state index contributed by atoms with van der Waals surface area (Å²) in [5, 5.41) is 20.7. The lowest BCUT2D eigenvalue weighted by Gasteiger charge is -2.61. The van der Waals surface area contributed by atoms with Crippen LogP contribution in [0.3, 0.4) is 0 Å². The van der Waals surface area contributed by atoms with Crippen molar-refractivity contribution in [3.63, 3.8) is 0 Å². The SMILES string of the molecule is CC1(C)CCC(CO)(C2(O)CC(C)(C)C2)CC1. The summed E-state index contributed by atoms with van der Waals surface area (Å²) >= 11 is 0. The summed E-state index contributed by atoms with van der Waals surface area (Å²) in [6.45, 7) is 9.15. The molecule has 0 saturated heterocycles. The minimum Gasteiger partial charge on any atom is -0.396 e. The monoisotopic (exact) mass is 240 g/mol. The zero-order valence-electron chi connectivity index (χ0n) is 11.8. The number of aliphatic hydroxyl groups is 2. The fourth-order valence-corrected chi connectivity index (χ4v) is 4.08. The van der Waals surface area contributed by atoms with Crippen molar-refractivity contribution in [2.24, 2.45) is 16.2 Å². The van der Waals surface area contributed by atoms with Crippen LogP contribution in [0.2, 0.25) is 0 Å². The standard InChI is InChI=1S/C15H28O2/c1-12(2)5-7-14(11-16,8-6-12)15(17)9-13(3,4)10-15/h16-17H,5-11H2,1-4H3. The summed E-state index contributed by atoms with van der Waals surface area (Å²) in [5.74, 6) is 0. The number of rotatable bonds is 2. The first-order valence-electron chi connectivity index (χ1n) is 6.97. The minimum absolute atomic E-state index is 0.148. The summed E-state index contributed by atoms with van der Waals surface area (Å²) in [6.07, 6.45) is 5.89. The molecule has 2 aliphatic rings. The Morgan fingerprint density at radius 3 is 1.65 bits per heavy atom. The molecule has 0 unspecified atom stereocenters. The molecule has 0 aromatic rings. The first kappa shape index (κ1) is 13.4. The molecule has 100 valence electrons. The Bertz CT molecular complexity index is 286. The Balaban J connectivity index is 2.12. The van der Waals surface area contributed by atoms with Gasteiger partial charge in [-0.1, -0.05) is 27.7 Å². The molecule has 0 heterocycles. The Kier molecular flexibility index (Phi) is 2.91. The summed E-state index contributed by atoms with van der Waals surface area (Å²) < 4.78 is 0. The van der Waals surface area contributed by atoms with E-state index in [2.05, 4.69) is 27.7 Å². The van der Waals surface area contributed by atoms with Gasteiger partial charge < -0.3 is 10.2 Å². The quantitative estimate of drug-likeness (QED) is 0.778. The molecule has 17 heavy (non-hydrogen) atoms. The predicted octanol–water partition coefficient (Wildman–Crippen LogP) is 3.12. The molecule has 0 radical (unpaired) electrons. The van der Waals surface area contributed by atoms with E-state index in [0.717, 1.165) is 38.5 Å². The van der Waals surface area contributed by atoms with Gasteiger partial charge >= 0.3 is 0 Å². The van der Waals surface area contributed by atoms with Crippen LogP contribution < -0.4 is 0 Å². The van der Waals surface area contributed by atoms with E-state index >= 15 is 0 Å². The average Bonchev–Trinajstić information content (AvgIpc) is 2.15. The van der Waals surface area contributed by atoms with E-state index in [-0.39, 0.29) is 17.4 Å². The fourth-order valence-electron chi connectivity index (χ4n) is 4.08. The molecule has 2 fully saturated rings. The molecule has 2 rings (SSSR count). The van der Waals surface area contributed by atoms with Crippen LogP contribution in [0, 0.1) is 16.2 Å². The van der Waals surface area contributed by atoms with Gasteiger partial charge in [0.2, 0.25) is 0 Å². The van der Waals surface area contributed by atoms with Gasteiger partial charge in [-0.2, -0.15) is 0 Å². The maximum Gasteiger partial charge on any atom is 0.0735 e. The number of aliphatic hydroxyl groups excluding tert-OH is 1. The third-order valence-corrected chi connectivity index (χ3v) is 5.39. The van der Waals surface area contributed by atoms with Gasteiger partial charge in [0.1, 0.15) is 0 Å². The molecule has 0 bridgehead atoms. The van der Waals surface area contributed by atoms with Crippen molar-refractivity contribution in [2.75, 3.05) is 6.61 Å². The van der Waals surface area contributed by atoms with E-state index in [1.807, 2.05) is 0 Å². The van der Waals surface area contributed by atoms with Gasteiger partial charge in [0, 0.05) is 5.41 Å². The molecule has 2 saturated carbocycles. The Morgan fingerprint density at radius 1 is 0.824 bits per heavy atom. The van der Waals surface area contributed by atoms with Crippen LogP contribution in [0.4, 0.5) is 0 Å². The highest BCUT2D eigenvalue weighted by Gasteiger charge is 2.60. The van der Waals surface area contributed by atoms with Gasteiger partial charge in [-0.05, 0) is 49.4 Å². The molecule has 0 aromatic heterocycles. The molecule has 0 amide bonds. The van der Waals surface area contributed by atoms with Crippen LogP contribution >= 0.6 is 0 Å². The Morgan fingerprint density at radius 2 is 1.29 bits per heavy atom. The van der Waals surface area contributed by atoms with Crippen molar-refractivity contribution in [3.8, 4) is 0 Å². The number of hydrogen-bond acceptors (Lipinski definition) is 2. The first-order valence-corrected chi connectivity index (χ1v) is 6.97. The zero-order valence-corrected chi connectivity index (χ0v) is 11.8. The van der Waals surface area contributed by atoms with E-state index in [0.29, 0.717) is 5.41 Å². The zero-order chi connectivity index (χ0) is 12.9. The third kappa shape index (κ3) is 2.15. The lowest BCUT2D eigenvalue weighted by Crippen LogP contribution is -2.62. The molecule has 0 aliphatic heterocycles. The highest BCUT2D eigenvalue weighted by Crippen LogP contribution is 2.61. The Labute approximate surface area is 105 Å². The second-order valence-corrected chi connectivity index (χ2v) is 8.15. The van der Waals surface area contributed by atoms with E-state index in [1.54, 1.807) is 0 Å². The molecule has 0 atom stereocenters. The average molecular weight is 240 g/mol. The molecule has 0 aromatic carbocycles. The van der Waals surface area contributed by atoms with E-state index in [9.17, 15) is 10.2 Å². The van der Waals surface area contributed by atoms with Crippen molar-refractivity contribution in [1.82, 2.24) is 0 Å². The maximum absolute atomic E-state index is 10.8. The molecule has 0 spiro atoms. The normalized spacial score (nSPS) is 32.8. The van der Waals surface area contributed by atoms with Crippen molar-refractivity contribution >= 4 is 0 Å². The van der Waals surface area contributed by atoms with Crippen molar-refractivity contribution in [3.05, 3.63) is 0 Å². The van der Waals surface area contributed by atoms with E-state index in [1.165, 1.54) is 0 Å². The second-order valence-electron chi connectivity index (χ2n) is 8.15. The van der Waals surface area contributed by atoms with E-state index in [4.69, 9.17) is 0 Å². The number of hydrogen-bond donors (Lipinski definition) is 2. The van der Waals surface area contributed by atoms with Crippen LogP contribution in [0.25, 0.3) is 0 Å².